The third-order valence-electron chi connectivity index (χ3n) is 4.17. The van der Waals surface area contributed by atoms with Crippen molar-refractivity contribution in [3.05, 3.63) is 59.1 Å². The van der Waals surface area contributed by atoms with Gasteiger partial charge in [-0.05, 0) is 18.2 Å². The summed E-state index contributed by atoms with van der Waals surface area (Å²) in [5, 5.41) is 10.9. The molecule has 2 amide bonds. The molecule has 0 aliphatic rings. The normalized spacial score (nSPS) is 10.9. The molecular weight excluding hydrogens is 360 g/mol. The predicted molar refractivity (Wildman–Crippen MR) is 105 cm³/mol. The number of carbonyl (C=O) groups is 2. The highest BCUT2D eigenvalue weighted by molar-refractivity contribution is 6.06. The minimum atomic E-state index is -0.417. The van der Waals surface area contributed by atoms with Crippen LogP contribution in [0, 0.1) is 0 Å². The number of anilines is 2. The summed E-state index contributed by atoms with van der Waals surface area (Å²) < 4.78 is 1.10. The number of benzene rings is 1. The van der Waals surface area contributed by atoms with Crippen molar-refractivity contribution in [1.82, 2.24) is 19.7 Å². The quantitative estimate of drug-likeness (QED) is 0.502. The molecule has 0 atom stereocenters. The number of aromatic nitrogens is 4. The number of para-hydroxylation sites is 1. The molecule has 0 radical (unpaired) electrons. The number of fused-ring (bicyclic) bond motifs is 3. The number of carbonyl (C=O) groups excluding carboxylic acids is 2. The van der Waals surface area contributed by atoms with Crippen molar-refractivity contribution in [2.24, 2.45) is 0 Å². The van der Waals surface area contributed by atoms with Gasteiger partial charge in [-0.15, -0.1) is 0 Å². The Morgan fingerprint density at radius 3 is 2.64 bits per heavy atom. The van der Waals surface area contributed by atoms with Crippen molar-refractivity contribution in [2.45, 2.75) is 13.5 Å². The molecule has 0 spiro atoms. The first-order valence-electron chi connectivity index (χ1n) is 8.51. The minimum absolute atomic E-state index is 0.234. The third kappa shape index (κ3) is 3.32. The zero-order valence-corrected chi connectivity index (χ0v) is 14.9. The first-order valence-corrected chi connectivity index (χ1v) is 8.51. The van der Waals surface area contributed by atoms with Gasteiger partial charge in [0.05, 0.1) is 18.1 Å². The number of aromatic amines is 1. The van der Waals surface area contributed by atoms with Crippen LogP contribution in [0.25, 0.3) is 21.8 Å². The summed E-state index contributed by atoms with van der Waals surface area (Å²) >= 11 is 0. The summed E-state index contributed by atoms with van der Waals surface area (Å²) in [5.74, 6) is -0.270. The maximum Gasteiger partial charge on any atom is 0.291 e. The van der Waals surface area contributed by atoms with E-state index in [9.17, 15) is 14.4 Å². The van der Waals surface area contributed by atoms with Gasteiger partial charge in [-0.3, -0.25) is 14.4 Å². The van der Waals surface area contributed by atoms with Crippen LogP contribution in [0.4, 0.5) is 11.5 Å². The van der Waals surface area contributed by atoms with E-state index in [1.807, 2.05) is 24.3 Å². The van der Waals surface area contributed by atoms with Gasteiger partial charge in [0.1, 0.15) is 17.9 Å². The minimum Gasteiger partial charge on any atom is -0.350 e. The summed E-state index contributed by atoms with van der Waals surface area (Å²) in [6, 6.07) is 10.7. The Morgan fingerprint density at radius 1 is 1.07 bits per heavy atom. The average Bonchev–Trinajstić information content (AvgIpc) is 3.05. The maximum atomic E-state index is 12.7. The van der Waals surface area contributed by atoms with Crippen LogP contribution in [-0.4, -0.2) is 31.6 Å². The fraction of sp³-hybridized carbons (Fsp3) is 0.105. The largest absolute Gasteiger partial charge is 0.350 e. The zero-order chi connectivity index (χ0) is 19.7. The van der Waals surface area contributed by atoms with Gasteiger partial charge < -0.3 is 15.6 Å². The first-order chi connectivity index (χ1) is 13.5. The lowest BCUT2D eigenvalue weighted by molar-refractivity contribution is -0.117. The van der Waals surface area contributed by atoms with E-state index in [0.717, 1.165) is 21.0 Å². The standard InChI is InChI=1S/C19H16N6O3/c1-11(26)22-16-7-6-12(8-20-16)23-17(27)10-25-19(28)18-14(9-21-25)13-4-2-3-5-15(13)24-18/h2-9,24H,10H2,1H3,(H,23,27)(H,20,22,26). The van der Waals surface area contributed by atoms with Crippen molar-refractivity contribution in [1.29, 1.82) is 0 Å². The predicted octanol–water partition coefficient (Wildman–Crippen LogP) is 1.87. The van der Waals surface area contributed by atoms with E-state index in [1.54, 1.807) is 18.3 Å². The molecule has 3 N–H and O–H groups in total. The van der Waals surface area contributed by atoms with E-state index in [0.29, 0.717) is 17.0 Å². The van der Waals surface area contributed by atoms with Crippen molar-refractivity contribution >= 4 is 45.1 Å². The van der Waals surface area contributed by atoms with E-state index < -0.39 is 5.91 Å². The van der Waals surface area contributed by atoms with Gasteiger partial charge in [0, 0.05) is 23.2 Å². The van der Waals surface area contributed by atoms with Crippen molar-refractivity contribution in [3.63, 3.8) is 0 Å². The summed E-state index contributed by atoms with van der Waals surface area (Å²) in [6.07, 6.45) is 2.99. The van der Waals surface area contributed by atoms with E-state index in [2.05, 4.69) is 25.7 Å². The summed E-state index contributed by atoms with van der Waals surface area (Å²) in [6.45, 7) is 1.14. The molecule has 0 saturated heterocycles. The van der Waals surface area contributed by atoms with Gasteiger partial charge in [0.2, 0.25) is 11.8 Å². The third-order valence-corrected chi connectivity index (χ3v) is 4.17. The molecule has 0 fully saturated rings. The highest BCUT2D eigenvalue weighted by Gasteiger charge is 2.12. The highest BCUT2D eigenvalue weighted by Crippen LogP contribution is 2.21. The lowest BCUT2D eigenvalue weighted by Gasteiger charge is -2.07. The molecule has 0 unspecified atom stereocenters. The van der Waals surface area contributed by atoms with Crippen LogP contribution < -0.4 is 16.2 Å². The van der Waals surface area contributed by atoms with Crippen LogP contribution in [0.2, 0.25) is 0 Å². The lowest BCUT2D eigenvalue weighted by Crippen LogP contribution is -2.29. The topological polar surface area (TPSA) is 122 Å². The highest BCUT2D eigenvalue weighted by atomic mass is 16.2. The van der Waals surface area contributed by atoms with Crippen molar-refractivity contribution in [2.75, 3.05) is 10.6 Å². The molecule has 0 aliphatic heterocycles. The Balaban J connectivity index is 1.53. The molecule has 1 aromatic carbocycles. The van der Waals surface area contributed by atoms with Gasteiger partial charge in [0.25, 0.3) is 5.56 Å². The Kier molecular flexibility index (Phi) is 4.32. The van der Waals surface area contributed by atoms with E-state index >= 15 is 0 Å². The molecule has 140 valence electrons. The molecule has 0 saturated carbocycles. The zero-order valence-electron chi connectivity index (χ0n) is 14.9. The second-order valence-electron chi connectivity index (χ2n) is 6.23. The number of hydrogen-bond acceptors (Lipinski definition) is 5. The molecule has 3 aromatic heterocycles. The number of nitrogens with one attached hydrogen (secondary N) is 3. The second-order valence-corrected chi connectivity index (χ2v) is 6.23. The SMILES string of the molecule is CC(=O)Nc1ccc(NC(=O)Cn2ncc3c([nH]c4ccccc43)c2=O)cn1. The number of hydrogen-bond donors (Lipinski definition) is 3. The Hall–Kier alpha value is -4.01. The second kappa shape index (κ2) is 6.95. The first kappa shape index (κ1) is 17.4. The number of nitrogens with zero attached hydrogens (tertiary/aromatic N) is 3. The fourth-order valence-corrected chi connectivity index (χ4v) is 2.95. The molecule has 0 aliphatic carbocycles. The van der Waals surface area contributed by atoms with Crippen molar-refractivity contribution in [3.8, 4) is 0 Å². The van der Waals surface area contributed by atoms with Crippen LogP contribution in [0.15, 0.2) is 53.6 Å². The van der Waals surface area contributed by atoms with E-state index in [1.165, 1.54) is 13.1 Å². The van der Waals surface area contributed by atoms with Gasteiger partial charge >= 0.3 is 0 Å². The van der Waals surface area contributed by atoms with Gasteiger partial charge in [-0.1, -0.05) is 18.2 Å². The van der Waals surface area contributed by atoms with Crippen molar-refractivity contribution < 1.29 is 9.59 Å². The Labute approximate surface area is 158 Å². The molecule has 9 nitrogen and oxygen atoms in total. The summed E-state index contributed by atoms with van der Waals surface area (Å²) in [4.78, 5) is 43.1. The lowest BCUT2D eigenvalue weighted by atomic mass is 10.2. The number of H-pyrrole nitrogens is 1. The fourth-order valence-electron chi connectivity index (χ4n) is 2.95. The molecule has 4 rings (SSSR count). The molecule has 9 heteroatoms. The number of pyridine rings is 1. The summed E-state index contributed by atoms with van der Waals surface area (Å²) in [5.41, 5.74) is 1.32. The Morgan fingerprint density at radius 2 is 1.89 bits per heavy atom. The molecular formula is C19H16N6O3. The number of amides is 2. The Bertz CT molecular complexity index is 1260. The van der Waals surface area contributed by atoms with E-state index in [4.69, 9.17) is 0 Å². The van der Waals surface area contributed by atoms with Crippen LogP contribution in [0.1, 0.15) is 6.92 Å². The molecule has 28 heavy (non-hydrogen) atoms. The number of rotatable bonds is 4. The monoisotopic (exact) mass is 376 g/mol. The molecule has 0 bridgehead atoms. The maximum absolute atomic E-state index is 12.7. The van der Waals surface area contributed by atoms with Gasteiger partial charge in [0.15, 0.2) is 0 Å². The smallest absolute Gasteiger partial charge is 0.291 e. The van der Waals surface area contributed by atoms with Gasteiger partial charge in [-0.2, -0.15) is 5.10 Å². The van der Waals surface area contributed by atoms with Crippen LogP contribution in [0.3, 0.4) is 0 Å². The molecule has 4 aromatic rings. The van der Waals surface area contributed by atoms with E-state index in [-0.39, 0.29) is 18.0 Å². The van der Waals surface area contributed by atoms with Gasteiger partial charge in [-0.25, -0.2) is 9.67 Å². The van der Waals surface area contributed by atoms with Crippen LogP contribution in [0.5, 0.6) is 0 Å². The van der Waals surface area contributed by atoms with Crippen LogP contribution >= 0.6 is 0 Å². The molecule has 3 heterocycles. The average molecular weight is 376 g/mol. The van der Waals surface area contributed by atoms with Crippen LogP contribution in [-0.2, 0) is 16.1 Å². The summed E-state index contributed by atoms with van der Waals surface area (Å²) in [7, 11) is 0.